The largest absolute Gasteiger partial charge is 0.494 e. The molecule has 0 saturated carbocycles. The highest BCUT2D eigenvalue weighted by Crippen LogP contribution is 2.36. The van der Waals surface area contributed by atoms with Gasteiger partial charge in [-0.1, -0.05) is 18.2 Å². The number of hydrogen-bond donors (Lipinski definition) is 4. The number of piperazine rings is 1. The third kappa shape index (κ3) is 11.0. The van der Waals surface area contributed by atoms with Crippen molar-refractivity contribution < 1.29 is 43.1 Å². The highest BCUT2D eigenvalue weighted by molar-refractivity contribution is 6.04. The number of nitrogens with one attached hydrogen (secondary N) is 2. The molecule has 1 aliphatic rings. The lowest BCUT2D eigenvalue weighted by atomic mass is 10.1. The van der Waals surface area contributed by atoms with Crippen LogP contribution >= 0.6 is 0 Å². The van der Waals surface area contributed by atoms with Crippen LogP contribution in [-0.4, -0.2) is 116 Å². The molecule has 4 aromatic rings. The quantitative estimate of drug-likeness (QED) is 0.0673. The van der Waals surface area contributed by atoms with Crippen molar-refractivity contribution in [3.8, 4) is 11.5 Å². The summed E-state index contributed by atoms with van der Waals surface area (Å²) in [6, 6.07) is 6.94. The Hall–Kier alpha value is -7.45. The molecule has 5 rings (SSSR count). The van der Waals surface area contributed by atoms with Crippen molar-refractivity contribution in [1.29, 1.82) is 0 Å². The first kappa shape index (κ1) is 44.6. The number of nitro groups is 1. The van der Waals surface area contributed by atoms with Gasteiger partial charge in [0.15, 0.2) is 11.4 Å². The molecule has 61 heavy (non-hydrogen) atoms. The smallest absolute Gasteiger partial charge is 0.410 e. The predicted octanol–water partition coefficient (Wildman–Crippen LogP) is 3.61. The molecule has 5 amide bonds. The van der Waals surface area contributed by atoms with Gasteiger partial charge in [-0.15, -0.1) is 0 Å². The second-order valence-corrected chi connectivity index (χ2v) is 14.8. The Labute approximate surface area is 350 Å². The molecule has 0 spiro atoms. The molecule has 2 aromatic heterocycles. The van der Waals surface area contributed by atoms with Crippen molar-refractivity contribution in [1.82, 2.24) is 29.1 Å². The van der Waals surface area contributed by atoms with E-state index in [-0.39, 0.29) is 73.0 Å². The minimum atomic E-state index is -0.901. The van der Waals surface area contributed by atoms with E-state index in [0.717, 1.165) is 6.07 Å². The Kier molecular flexibility index (Phi) is 14.0. The van der Waals surface area contributed by atoms with Crippen LogP contribution in [0, 0.1) is 17.0 Å². The van der Waals surface area contributed by atoms with E-state index in [1.807, 2.05) is 6.92 Å². The Morgan fingerprint density at radius 1 is 0.967 bits per heavy atom. The topological polar surface area (TPSA) is 274 Å². The van der Waals surface area contributed by atoms with E-state index in [1.165, 1.54) is 30.2 Å². The summed E-state index contributed by atoms with van der Waals surface area (Å²) in [6.45, 7) is 10.1. The lowest BCUT2D eigenvalue weighted by Crippen LogP contribution is -2.53. The number of hydrogen-bond acceptors (Lipinski definition) is 13. The standard InChI is InChI=1S/C40H49N11O10/c1-7-50-29(18-24(2)46-50)37(55)45-38-44-27-19-25(35(41)53)22-31(59-6)34(27)49(38)14-9-8-12-43-33-28(51(57)58)20-26(36(42)54)21-30(33)60-17-11-10-13-47-15-16-48(23-32(47)52)39(56)61-40(3,4)5/h8-11,18-22,43H,7,12-17,23H2,1-6H3,(H2,41,53)(H2,42,54)(H,44,45,55)/b9-8+,11-10-. The average Bonchev–Trinajstić information content (AvgIpc) is 3.75. The van der Waals surface area contributed by atoms with E-state index in [9.17, 15) is 34.1 Å². The molecular formula is C40H49N11O10. The minimum absolute atomic E-state index is 0.0222. The summed E-state index contributed by atoms with van der Waals surface area (Å²) in [7, 11) is 1.42. The SMILES string of the molecule is CCn1nc(C)cc1C(=O)Nc1nc2cc(C(N)=O)cc(OC)c2n1C/C=C/CNc1c(OC/C=C\CN2CCN(C(=O)OC(C)(C)C)CC2=O)cc(C(N)=O)cc1[N+](=O)[O-]. The van der Waals surface area contributed by atoms with Crippen molar-refractivity contribution in [2.24, 2.45) is 11.5 Å². The van der Waals surface area contributed by atoms with Crippen molar-refractivity contribution >= 4 is 58.1 Å². The van der Waals surface area contributed by atoms with Gasteiger partial charge in [-0.2, -0.15) is 5.10 Å². The Bertz CT molecular complexity index is 2410. The average molecular weight is 844 g/mol. The van der Waals surface area contributed by atoms with Crippen LogP contribution in [0.15, 0.2) is 54.6 Å². The zero-order valence-corrected chi connectivity index (χ0v) is 34.7. The van der Waals surface area contributed by atoms with Gasteiger partial charge in [0, 0.05) is 56.5 Å². The lowest BCUT2D eigenvalue weighted by molar-refractivity contribution is -0.384. The van der Waals surface area contributed by atoms with Crippen LogP contribution in [0.25, 0.3) is 11.0 Å². The van der Waals surface area contributed by atoms with E-state index in [0.29, 0.717) is 42.1 Å². The third-order valence-electron chi connectivity index (χ3n) is 9.18. The minimum Gasteiger partial charge on any atom is -0.494 e. The zero-order chi connectivity index (χ0) is 44.6. The summed E-state index contributed by atoms with van der Waals surface area (Å²) >= 11 is 0. The number of allylic oxidation sites excluding steroid dienone is 1. The molecule has 0 aliphatic carbocycles. The highest BCUT2D eigenvalue weighted by Gasteiger charge is 2.30. The first-order valence-electron chi connectivity index (χ1n) is 19.2. The summed E-state index contributed by atoms with van der Waals surface area (Å²) in [5.41, 5.74) is 11.6. The van der Waals surface area contributed by atoms with Gasteiger partial charge < -0.3 is 40.5 Å². The van der Waals surface area contributed by atoms with Crippen molar-refractivity contribution in [2.45, 2.75) is 53.3 Å². The second-order valence-electron chi connectivity index (χ2n) is 14.8. The molecule has 21 heteroatoms. The number of nitrogens with zero attached hydrogens (tertiary/aromatic N) is 7. The molecule has 0 radical (unpaired) electrons. The highest BCUT2D eigenvalue weighted by atomic mass is 16.6. The van der Waals surface area contributed by atoms with Gasteiger partial charge >= 0.3 is 6.09 Å². The zero-order valence-electron chi connectivity index (χ0n) is 34.7. The van der Waals surface area contributed by atoms with Crippen molar-refractivity contribution in [3.05, 3.63) is 87.3 Å². The molecule has 0 atom stereocenters. The monoisotopic (exact) mass is 843 g/mol. The molecule has 0 bridgehead atoms. The normalized spacial score (nSPS) is 13.2. The van der Waals surface area contributed by atoms with Crippen LogP contribution in [0.5, 0.6) is 11.5 Å². The molecule has 0 unspecified atom stereocenters. The number of carbonyl (C=O) groups is 5. The number of amides is 5. The van der Waals surface area contributed by atoms with E-state index >= 15 is 0 Å². The maximum absolute atomic E-state index is 13.5. The summed E-state index contributed by atoms with van der Waals surface area (Å²) in [4.78, 5) is 81.8. The first-order valence-corrected chi connectivity index (χ1v) is 19.2. The van der Waals surface area contributed by atoms with Gasteiger partial charge in [-0.3, -0.25) is 44.2 Å². The van der Waals surface area contributed by atoms with Crippen LogP contribution in [-0.2, 0) is 22.6 Å². The number of benzene rings is 2. The number of anilines is 2. The fraction of sp³-hybridized carbons (Fsp3) is 0.375. The molecule has 1 fully saturated rings. The second kappa shape index (κ2) is 19.1. The number of nitrogens with two attached hydrogens (primary N) is 2. The number of imidazole rings is 1. The summed E-state index contributed by atoms with van der Waals surface area (Å²) < 4.78 is 20.1. The van der Waals surface area contributed by atoms with E-state index in [4.69, 9.17) is 25.7 Å². The number of rotatable bonds is 17. The van der Waals surface area contributed by atoms with Crippen molar-refractivity contribution in [2.75, 3.05) is 57.1 Å². The molecule has 3 heterocycles. The van der Waals surface area contributed by atoms with Gasteiger partial charge in [-0.25, -0.2) is 9.78 Å². The Morgan fingerprint density at radius 3 is 2.30 bits per heavy atom. The first-order chi connectivity index (χ1) is 28.9. The number of carbonyl (C=O) groups excluding carboxylic acids is 5. The maximum Gasteiger partial charge on any atom is 0.410 e. The van der Waals surface area contributed by atoms with E-state index < -0.39 is 40.0 Å². The van der Waals surface area contributed by atoms with Crippen LogP contribution in [0.4, 0.5) is 22.1 Å². The van der Waals surface area contributed by atoms with E-state index in [2.05, 4.69) is 20.7 Å². The molecular weight excluding hydrogens is 795 g/mol. The predicted molar refractivity (Wildman–Crippen MR) is 224 cm³/mol. The fourth-order valence-corrected chi connectivity index (χ4v) is 6.33. The molecule has 324 valence electrons. The third-order valence-corrected chi connectivity index (χ3v) is 9.18. The van der Waals surface area contributed by atoms with Gasteiger partial charge in [0.25, 0.3) is 11.6 Å². The summed E-state index contributed by atoms with van der Waals surface area (Å²) in [5.74, 6) is -1.96. The number of aryl methyl sites for hydroxylation is 2. The van der Waals surface area contributed by atoms with Crippen LogP contribution in [0.2, 0.25) is 0 Å². The lowest BCUT2D eigenvalue weighted by Gasteiger charge is -2.34. The Morgan fingerprint density at radius 2 is 1.66 bits per heavy atom. The van der Waals surface area contributed by atoms with Crippen LogP contribution in [0.1, 0.15) is 64.6 Å². The number of primary amides is 2. The van der Waals surface area contributed by atoms with E-state index in [1.54, 1.807) is 72.2 Å². The molecule has 6 N–H and O–H groups in total. The van der Waals surface area contributed by atoms with Gasteiger partial charge in [0.2, 0.25) is 23.7 Å². The molecule has 2 aromatic carbocycles. The number of nitro benzene ring substituents is 1. The summed E-state index contributed by atoms with van der Waals surface area (Å²) in [5, 5.41) is 22.4. The van der Waals surface area contributed by atoms with Gasteiger partial charge in [0.05, 0.1) is 23.2 Å². The molecule has 21 nitrogen and oxygen atoms in total. The number of fused-ring (bicyclic) bond motifs is 1. The van der Waals surface area contributed by atoms with Crippen LogP contribution in [0.3, 0.4) is 0 Å². The number of ether oxygens (including phenoxy) is 3. The summed E-state index contributed by atoms with van der Waals surface area (Å²) in [6.07, 6.45) is 6.12. The van der Waals surface area contributed by atoms with Crippen LogP contribution < -0.4 is 31.6 Å². The number of methoxy groups -OCH3 is 1. The van der Waals surface area contributed by atoms with Gasteiger partial charge in [0.1, 0.15) is 35.7 Å². The molecule has 1 saturated heterocycles. The van der Waals surface area contributed by atoms with Gasteiger partial charge in [-0.05, 0) is 65.0 Å². The number of aromatic nitrogens is 4. The van der Waals surface area contributed by atoms with Crippen molar-refractivity contribution in [3.63, 3.8) is 0 Å². The maximum atomic E-state index is 13.5. The fourth-order valence-electron chi connectivity index (χ4n) is 6.33. The molecule has 1 aliphatic heterocycles. The Balaban J connectivity index is 1.31.